The van der Waals surface area contributed by atoms with Gasteiger partial charge < -0.3 is 10.1 Å². The SMILES string of the molecule is CC(C)Oc1ccccc1CNC1CCC1. The summed E-state index contributed by atoms with van der Waals surface area (Å²) in [6.07, 6.45) is 4.27. The Morgan fingerprint density at radius 1 is 1.31 bits per heavy atom. The average molecular weight is 219 g/mol. The van der Waals surface area contributed by atoms with Gasteiger partial charge in [0.2, 0.25) is 0 Å². The van der Waals surface area contributed by atoms with Crippen LogP contribution in [0.1, 0.15) is 38.7 Å². The highest BCUT2D eigenvalue weighted by atomic mass is 16.5. The van der Waals surface area contributed by atoms with Gasteiger partial charge in [-0.25, -0.2) is 0 Å². The van der Waals surface area contributed by atoms with Crippen LogP contribution < -0.4 is 10.1 Å². The van der Waals surface area contributed by atoms with Crippen molar-refractivity contribution >= 4 is 0 Å². The molecule has 0 saturated heterocycles. The zero-order valence-corrected chi connectivity index (χ0v) is 10.2. The number of ether oxygens (including phenoxy) is 1. The Kier molecular flexibility index (Phi) is 3.83. The van der Waals surface area contributed by atoms with Crippen molar-refractivity contribution in [2.75, 3.05) is 0 Å². The van der Waals surface area contributed by atoms with Gasteiger partial charge in [-0.3, -0.25) is 0 Å². The van der Waals surface area contributed by atoms with Gasteiger partial charge in [0, 0.05) is 18.2 Å². The molecular weight excluding hydrogens is 198 g/mol. The first-order valence-electron chi connectivity index (χ1n) is 6.23. The van der Waals surface area contributed by atoms with Crippen molar-refractivity contribution in [2.45, 2.75) is 51.8 Å². The number of hydrogen-bond donors (Lipinski definition) is 1. The summed E-state index contributed by atoms with van der Waals surface area (Å²) in [6, 6.07) is 9.03. The van der Waals surface area contributed by atoms with Gasteiger partial charge in [-0.15, -0.1) is 0 Å². The average Bonchev–Trinajstić information content (AvgIpc) is 2.17. The molecule has 0 radical (unpaired) electrons. The van der Waals surface area contributed by atoms with Crippen molar-refractivity contribution in [1.29, 1.82) is 0 Å². The summed E-state index contributed by atoms with van der Waals surface area (Å²) in [6.45, 7) is 5.06. The van der Waals surface area contributed by atoms with Gasteiger partial charge in [0.25, 0.3) is 0 Å². The van der Waals surface area contributed by atoms with Crippen LogP contribution in [0.5, 0.6) is 5.75 Å². The van der Waals surface area contributed by atoms with Gasteiger partial charge >= 0.3 is 0 Å². The highest BCUT2D eigenvalue weighted by Gasteiger charge is 2.16. The molecule has 1 fully saturated rings. The molecule has 1 aliphatic carbocycles. The fraction of sp³-hybridized carbons (Fsp3) is 0.571. The molecule has 0 amide bonds. The lowest BCUT2D eigenvalue weighted by molar-refractivity contribution is 0.238. The quantitative estimate of drug-likeness (QED) is 0.821. The third-order valence-electron chi connectivity index (χ3n) is 3.02. The zero-order valence-electron chi connectivity index (χ0n) is 10.2. The van der Waals surface area contributed by atoms with E-state index in [0.717, 1.165) is 18.3 Å². The smallest absolute Gasteiger partial charge is 0.124 e. The fourth-order valence-electron chi connectivity index (χ4n) is 1.89. The Labute approximate surface area is 98.0 Å². The van der Waals surface area contributed by atoms with Crippen LogP contribution in [0.2, 0.25) is 0 Å². The third-order valence-corrected chi connectivity index (χ3v) is 3.02. The Bertz CT molecular complexity index is 331. The fourth-order valence-corrected chi connectivity index (χ4v) is 1.89. The second-order valence-electron chi connectivity index (χ2n) is 4.78. The molecule has 1 aromatic carbocycles. The summed E-state index contributed by atoms with van der Waals surface area (Å²) < 4.78 is 5.79. The lowest BCUT2D eigenvalue weighted by atomic mass is 9.93. The van der Waals surface area contributed by atoms with E-state index in [9.17, 15) is 0 Å². The minimum atomic E-state index is 0.241. The second-order valence-corrected chi connectivity index (χ2v) is 4.78. The highest BCUT2D eigenvalue weighted by molar-refractivity contribution is 5.33. The van der Waals surface area contributed by atoms with Crippen LogP contribution in [0.3, 0.4) is 0 Å². The first kappa shape index (κ1) is 11.5. The Balaban J connectivity index is 1.94. The molecule has 88 valence electrons. The maximum atomic E-state index is 5.79. The molecule has 16 heavy (non-hydrogen) atoms. The van der Waals surface area contributed by atoms with Gasteiger partial charge in [-0.2, -0.15) is 0 Å². The lowest BCUT2D eigenvalue weighted by Gasteiger charge is -2.27. The highest BCUT2D eigenvalue weighted by Crippen LogP contribution is 2.22. The van der Waals surface area contributed by atoms with Crippen LogP contribution in [0.15, 0.2) is 24.3 Å². The van der Waals surface area contributed by atoms with Crippen molar-refractivity contribution in [3.05, 3.63) is 29.8 Å². The number of hydrogen-bond acceptors (Lipinski definition) is 2. The van der Waals surface area contributed by atoms with Gasteiger partial charge in [-0.05, 0) is 32.8 Å². The molecule has 1 saturated carbocycles. The summed E-state index contributed by atoms with van der Waals surface area (Å²) in [7, 11) is 0. The van der Waals surface area contributed by atoms with Gasteiger partial charge in [0.05, 0.1) is 6.10 Å². The van der Waals surface area contributed by atoms with E-state index in [1.54, 1.807) is 0 Å². The largest absolute Gasteiger partial charge is 0.491 e. The predicted molar refractivity (Wildman–Crippen MR) is 66.7 cm³/mol. The van der Waals surface area contributed by atoms with Gasteiger partial charge in [-0.1, -0.05) is 24.6 Å². The first-order chi connectivity index (χ1) is 7.75. The minimum Gasteiger partial charge on any atom is -0.491 e. The van der Waals surface area contributed by atoms with Gasteiger partial charge in [0.15, 0.2) is 0 Å². The predicted octanol–water partition coefficient (Wildman–Crippen LogP) is 3.12. The van der Waals surface area contributed by atoms with Crippen LogP contribution in [0.4, 0.5) is 0 Å². The summed E-state index contributed by atoms with van der Waals surface area (Å²) in [5.74, 6) is 1.02. The standard InChI is InChI=1S/C14H21NO/c1-11(2)16-14-9-4-3-6-12(14)10-15-13-7-5-8-13/h3-4,6,9,11,13,15H,5,7-8,10H2,1-2H3. The molecule has 2 heteroatoms. The molecule has 1 aromatic rings. The van der Waals surface area contributed by atoms with E-state index in [4.69, 9.17) is 4.74 Å². The summed E-state index contributed by atoms with van der Waals surface area (Å²) in [5, 5.41) is 3.57. The molecule has 2 nitrogen and oxygen atoms in total. The van der Waals surface area contributed by atoms with E-state index in [-0.39, 0.29) is 6.10 Å². The molecule has 0 heterocycles. The molecule has 0 aliphatic heterocycles. The van der Waals surface area contributed by atoms with Crippen LogP contribution in [-0.2, 0) is 6.54 Å². The van der Waals surface area contributed by atoms with E-state index in [0.29, 0.717) is 0 Å². The van der Waals surface area contributed by atoms with E-state index >= 15 is 0 Å². The maximum absolute atomic E-state index is 5.79. The summed E-state index contributed by atoms with van der Waals surface area (Å²) in [5.41, 5.74) is 1.27. The van der Waals surface area contributed by atoms with Crippen LogP contribution in [0, 0.1) is 0 Å². The minimum absolute atomic E-state index is 0.241. The van der Waals surface area contributed by atoms with Crippen molar-refractivity contribution in [3.8, 4) is 5.75 Å². The van der Waals surface area contributed by atoms with Crippen molar-refractivity contribution in [1.82, 2.24) is 5.32 Å². The molecule has 2 rings (SSSR count). The summed E-state index contributed by atoms with van der Waals surface area (Å²) >= 11 is 0. The van der Waals surface area contributed by atoms with E-state index in [1.165, 1.54) is 24.8 Å². The molecule has 0 atom stereocenters. The molecule has 0 aromatic heterocycles. The number of benzene rings is 1. The monoisotopic (exact) mass is 219 g/mol. The molecule has 1 N–H and O–H groups in total. The van der Waals surface area contributed by atoms with E-state index in [1.807, 2.05) is 6.07 Å². The molecule has 1 aliphatic rings. The normalized spacial score (nSPS) is 16.2. The number of para-hydroxylation sites is 1. The van der Waals surface area contributed by atoms with Crippen molar-refractivity contribution in [2.24, 2.45) is 0 Å². The molecular formula is C14H21NO. The zero-order chi connectivity index (χ0) is 11.4. The molecule has 0 spiro atoms. The van der Waals surface area contributed by atoms with E-state index in [2.05, 4.69) is 37.4 Å². The first-order valence-corrected chi connectivity index (χ1v) is 6.23. The Morgan fingerprint density at radius 3 is 2.69 bits per heavy atom. The van der Waals surface area contributed by atoms with Crippen LogP contribution in [-0.4, -0.2) is 12.1 Å². The lowest BCUT2D eigenvalue weighted by Crippen LogP contribution is -2.34. The van der Waals surface area contributed by atoms with Crippen LogP contribution in [0.25, 0.3) is 0 Å². The molecule has 0 unspecified atom stereocenters. The summed E-state index contributed by atoms with van der Waals surface area (Å²) in [4.78, 5) is 0. The molecule has 0 bridgehead atoms. The van der Waals surface area contributed by atoms with Crippen molar-refractivity contribution in [3.63, 3.8) is 0 Å². The van der Waals surface area contributed by atoms with Crippen molar-refractivity contribution < 1.29 is 4.74 Å². The maximum Gasteiger partial charge on any atom is 0.124 e. The van der Waals surface area contributed by atoms with Crippen LogP contribution >= 0.6 is 0 Å². The van der Waals surface area contributed by atoms with Gasteiger partial charge in [0.1, 0.15) is 5.75 Å². The number of rotatable bonds is 5. The second kappa shape index (κ2) is 5.35. The Morgan fingerprint density at radius 2 is 2.06 bits per heavy atom. The third kappa shape index (κ3) is 2.99. The van der Waals surface area contributed by atoms with E-state index < -0.39 is 0 Å². The Hall–Kier alpha value is -1.02. The number of nitrogens with one attached hydrogen (secondary N) is 1. The topological polar surface area (TPSA) is 21.3 Å².